The second-order valence-electron chi connectivity index (χ2n) is 5.98. The van der Waals surface area contributed by atoms with E-state index in [-0.39, 0.29) is 11.5 Å². The Labute approximate surface area is 127 Å². The zero-order valence-corrected chi connectivity index (χ0v) is 14.2. The van der Waals surface area contributed by atoms with E-state index in [1.165, 1.54) is 0 Å². The molecular formula is C14H28N2O3S. The molecule has 1 fully saturated rings. The number of hydrogen-bond donors (Lipinski definition) is 0. The van der Waals surface area contributed by atoms with E-state index in [0.29, 0.717) is 0 Å². The smallest absolute Gasteiger partial charge is 0.410 e. The van der Waals surface area contributed by atoms with Crippen LogP contribution in [0.25, 0.3) is 0 Å². The largest absolute Gasteiger partial charge is 0.444 e. The van der Waals surface area contributed by atoms with Gasteiger partial charge in [0.15, 0.2) is 0 Å². The number of carbonyl (C=O) groups excluding carboxylic acids is 1. The van der Waals surface area contributed by atoms with Crippen LogP contribution in [0.15, 0.2) is 0 Å². The quantitative estimate of drug-likeness (QED) is 0.729. The van der Waals surface area contributed by atoms with E-state index in [1.54, 1.807) is 16.7 Å². The molecule has 20 heavy (non-hydrogen) atoms. The molecule has 118 valence electrons. The second-order valence-corrected chi connectivity index (χ2v) is 7.12. The normalized spacial score (nSPS) is 18.9. The third kappa shape index (κ3) is 6.81. The number of hydrogen-bond acceptors (Lipinski definition) is 5. The van der Waals surface area contributed by atoms with Crippen molar-refractivity contribution < 1.29 is 14.3 Å². The maximum Gasteiger partial charge on any atom is 0.410 e. The molecule has 0 unspecified atom stereocenters. The highest BCUT2D eigenvalue weighted by atomic mass is 32.2. The summed E-state index contributed by atoms with van der Waals surface area (Å²) in [4.78, 5) is 16.0. The standard InChI is InChI=1S/C14H28N2O3S/c1-12(20-5)18-11-10-15-6-8-16(9-7-15)13(17)19-14(2,3)4/h12H,6-11H2,1-5H3/t12-/m0/s1. The lowest BCUT2D eigenvalue weighted by Crippen LogP contribution is -2.50. The fraction of sp³-hybridized carbons (Fsp3) is 0.929. The first-order chi connectivity index (χ1) is 9.31. The second kappa shape index (κ2) is 8.10. The average molecular weight is 304 g/mol. The Morgan fingerprint density at radius 2 is 1.85 bits per heavy atom. The molecule has 0 N–H and O–H groups in total. The summed E-state index contributed by atoms with van der Waals surface area (Å²) < 4.78 is 11.0. The molecule has 5 nitrogen and oxygen atoms in total. The number of carbonyl (C=O) groups is 1. The van der Waals surface area contributed by atoms with Crippen LogP contribution in [0.3, 0.4) is 0 Å². The number of rotatable bonds is 5. The summed E-state index contributed by atoms with van der Waals surface area (Å²) in [5.74, 6) is 0. The van der Waals surface area contributed by atoms with Gasteiger partial charge in [0.1, 0.15) is 5.60 Å². The number of nitrogens with zero attached hydrogens (tertiary/aromatic N) is 2. The molecular weight excluding hydrogens is 276 g/mol. The monoisotopic (exact) mass is 304 g/mol. The third-order valence-electron chi connectivity index (χ3n) is 3.12. The van der Waals surface area contributed by atoms with Crippen molar-refractivity contribution in [2.24, 2.45) is 0 Å². The van der Waals surface area contributed by atoms with Crippen LogP contribution in [0.4, 0.5) is 4.79 Å². The summed E-state index contributed by atoms with van der Waals surface area (Å²) in [7, 11) is 0. The predicted molar refractivity (Wildman–Crippen MR) is 83.2 cm³/mol. The van der Waals surface area contributed by atoms with Crippen LogP contribution in [0.2, 0.25) is 0 Å². The Hall–Kier alpha value is -0.460. The molecule has 6 heteroatoms. The minimum absolute atomic E-state index is 0.204. The van der Waals surface area contributed by atoms with E-state index in [2.05, 4.69) is 11.8 Å². The first-order valence-corrected chi connectivity index (χ1v) is 8.45. The molecule has 0 spiro atoms. The lowest BCUT2D eigenvalue weighted by molar-refractivity contribution is 0.0112. The first-order valence-electron chi connectivity index (χ1n) is 7.16. The number of piperazine rings is 1. The van der Waals surface area contributed by atoms with E-state index in [1.807, 2.05) is 27.0 Å². The van der Waals surface area contributed by atoms with Gasteiger partial charge in [-0.05, 0) is 34.0 Å². The van der Waals surface area contributed by atoms with Crippen LogP contribution in [0.1, 0.15) is 27.7 Å². The van der Waals surface area contributed by atoms with Gasteiger partial charge in [0.2, 0.25) is 0 Å². The zero-order chi connectivity index (χ0) is 15.2. The summed E-state index contributed by atoms with van der Waals surface area (Å²) in [6, 6.07) is 0. The molecule has 0 aromatic rings. The lowest BCUT2D eigenvalue weighted by Gasteiger charge is -2.35. The molecule has 0 radical (unpaired) electrons. The van der Waals surface area contributed by atoms with Gasteiger partial charge in [-0.15, -0.1) is 11.8 Å². The van der Waals surface area contributed by atoms with Crippen molar-refractivity contribution in [1.82, 2.24) is 9.80 Å². The van der Waals surface area contributed by atoms with Crippen molar-refractivity contribution in [3.05, 3.63) is 0 Å². The molecule has 1 rings (SSSR count). The molecule has 0 aromatic heterocycles. The number of thioether (sulfide) groups is 1. The zero-order valence-electron chi connectivity index (χ0n) is 13.3. The van der Waals surface area contributed by atoms with Gasteiger partial charge in [-0.1, -0.05) is 0 Å². The van der Waals surface area contributed by atoms with Crippen LogP contribution in [-0.2, 0) is 9.47 Å². The van der Waals surface area contributed by atoms with Gasteiger partial charge < -0.3 is 14.4 Å². The van der Waals surface area contributed by atoms with Crippen molar-refractivity contribution in [1.29, 1.82) is 0 Å². The molecule has 0 aromatic carbocycles. The Balaban J connectivity index is 2.21. The van der Waals surface area contributed by atoms with Crippen molar-refractivity contribution in [3.63, 3.8) is 0 Å². The maximum absolute atomic E-state index is 11.9. The average Bonchev–Trinajstić information content (AvgIpc) is 2.37. The van der Waals surface area contributed by atoms with Crippen molar-refractivity contribution in [3.8, 4) is 0 Å². The minimum Gasteiger partial charge on any atom is -0.444 e. The lowest BCUT2D eigenvalue weighted by atomic mass is 10.2. The Morgan fingerprint density at radius 3 is 2.35 bits per heavy atom. The van der Waals surface area contributed by atoms with Crippen molar-refractivity contribution >= 4 is 17.9 Å². The highest BCUT2D eigenvalue weighted by molar-refractivity contribution is 7.99. The fourth-order valence-electron chi connectivity index (χ4n) is 1.90. The van der Waals surface area contributed by atoms with E-state index < -0.39 is 5.60 Å². The molecule has 0 aliphatic carbocycles. The molecule has 1 aliphatic heterocycles. The van der Waals surface area contributed by atoms with Gasteiger partial charge in [-0.3, -0.25) is 4.90 Å². The molecule has 0 saturated carbocycles. The van der Waals surface area contributed by atoms with Gasteiger partial charge in [0.25, 0.3) is 0 Å². The SMILES string of the molecule is CS[C@@H](C)OCCN1CCN(C(=O)OC(C)(C)C)CC1. The summed E-state index contributed by atoms with van der Waals surface area (Å²) in [5, 5.41) is 0. The molecule has 1 atom stereocenters. The van der Waals surface area contributed by atoms with Gasteiger partial charge in [-0.25, -0.2) is 4.79 Å². The Morgan fingerprint density at radius 1 is 1.25 bits per heavy atom. The van der Waals surface area contributed by atoms with E-state index >= 15 is 0 Å². The summed E-state index contributed by atoms with van der Waals surface area (Å²) >= 11 is 1.71. The van der Waals surface area contributed by atoms with E-state index in [4.69, 9.17) is 9.47 Å². The van der Waals surface area contributed by atoms with Gasteiger partial charge in [0.05, 0.1) is 12.0 Å². The summed E-state index contributed by atoms with van der Waals surface area (Å²) in [6.45, 7) is 12.6. The highest BCUT2D eigenvalue weighted by Crippen LogP contribution is 2.12. The topological polar surface area (TPSA) is 42.0 Å². The van der Waals surface area contributed by atoms with Crippen LogP contribution in [0, 0.1) is 0 Å². The molecule has 0 bridgehead atoms. The van der Waals surface area contributed by atoms with E-state index in [9.17, 15) is 4.79 Å². The maximum atomic E-state index is 11.9. The summed E-state index contributed by atoms with van der Waals surface area (Å²) in [6.07, 6.45) is 1.84. The van der Waals surface area contributed by atoms with Crippen LogP contribution in [0.5, 0.6) is 0 Å². The minimum atomic E-state index is -0.421. The Kier molecular flexibility index (Phi) is 7.12. The predicted octanol–water partition coefficient (Wildman–Crippen LogP) is 2.26. The van der Waals surface area contributed by atoms with Gasteiger partial charge in [0, 0.05) is 32.7 Å². The van der Waals surface area contributed by atoms with Gasteiger partial charge >= 0.3 is 6.09 Å². The first kappa shape index (κ1) is 17.6. The number of ether oxygens (including phenoxy) is 2. The van der Waals surface area contributed by atoms with E-state index in [0.717, 1.165) is 39.3 Å². The molecule has 1 amide bonds. The van der Waals surface area contributed by atoms with Crippen molar-refractivity contribution in [2.75, 3.05) is 45.6 Å². The van der Waals surface area contributed by atoms with Gasteiger partial charge in [-0.2, -0.15) is 0 Å². The number of amides is 1. The molecule has 1 heterocycles. The Bertz CT molecular complexity index is 299. The molecule has 1 aliphatic rings. The van der Waals surface area contributed by atoms with Crippen molar-refractivity contribution in [2.45, 2.75) is 38.7 Å². The third-order valence-corrected chi connectivity index (χ3v) is 3.92. The molecule has 1 saturated heterocycles. The van der Waals surface area contributed by atoms with Crippen LogP contribution < -0.4 is 0 Å². The summed E-state index contributed by atoms with van der Waals surface area (Å²) in [5.41, 5.74) is -0.172. The fourth-order valence-corrected chi connectivity index (χ4v) is 2.13. The highest BCUT2D eigenvalue weighted by Gasteiger charge is 2.25. The van der Waals surface area contributed by atoms with Crippen LogP contribution >= 0.6 is 11.8 Å². The van der Waals surface area contributed by atoms with Crippen LogP contribution in [-0.4, -0.2) is 72.5 Å².